The van der Waals surface area contributed by atoms with Crippen molar-refractivity contribution < 1.29 is 9.21 Å². The first kappa shape index (κ1) is 13.6. The summed E-state index contributed by atoms with van der Waals surface area (Å²) in [5, 5.41) is 0.00494. The van der Waals surface area contributed by atoms with E-state index in [0.717, 1.165) is 4.47 Å². The summed E-state index contributed by atoms with van der Waals surface area (Å²) in [4.78, 5) is 15.5. The minimum atomic E-state index is -0.531. The Hall–Kier alpha value is -1.36. The third-order valence-electron chi connectivity index (χ3n) is 2.77. The van der Waals surface area contributed by atoms with Crippen LogP contribution in [0, 0.1) is 0 Å². The lowest BCUT2D eigenvalue weighted by Gasteiger charge is -1.99. The van der Waals surface area contributed by atoms with E-state index in [-0.39, 0.29) is 0 Å². The van der Waals surface area contributed by atoms with E-state index in [0.29, 0.717) is 33.1 Å². The van der Waals surface area contributed by atoms with Gasteiger partial charge in [-0.15, -0.1) is 0 Å². The summed E-state index contributed by atoms with van der Waals surface area (Å²) in [6.45, 7) is 0. The van der Waals surface area contributed by atoms with Gasteiger partial charge < -0.3 is 4.42 Å². The maximum absolute atomic E-state index is 11.1. The molecule has 0 atom stereocenters. The molecule has 3 rings (SSSR count). The molecule has 1 aromatic heterocycles. The lowest BCUT2D eigenvalue weighted by atomic mass is 10.2. The summed E-state index contributed by atoms with van der Waals surface area (Å²) in [5.74, 6) is 0.394. The molecule has 0 spiro atoms. The van der Waals surface area contributed by atoms with E-state index in [1.165, 1.54) is 0 Å². The van der Waals surface area contributed by atoms with Crippen molar-refractivity contribution in [3.63, 3.8) is 0 Å². The quantitative estimate of drug-likeness (QED) is 0.575. The van der Waals surface area contributed by atoms with E-state index < -0.39 is 5.24 Å². The predicted octanol–water partition coefficient (Wildman–Crippen LogP) is 5.29. The average molecular weight is 371 g/mol. The van der Waals surface area contributed by atoms with E-state index in [1.807, 2.05) is 12.1 Å². The summed E-state index contributed by atoms with van der Waals surface area (Å²) < 4.78 is 6.52. The molecule has 0 N–H and O–H groups in total. The first-order chi connectivity index (χ1) is 9.54. The van der Waals surface area contributed by atoms with Crippen LogP contribution in [0.2, 0.25) is 5.02 Å². The summed E-state index contributed by atoms with van der Waals surface area (Å²) in [6, 6.07) is 10.2. The van der Waals surface area contributed by atoms with Crippen molar-refractivity contribution in [2.24, 2.45) is 0 Å². The maximum atomic E-state index is 11.1. The topological polar surface area (TPSA) is 43.1 Å². The number of hydrogen-bond acceptors (Lipinski definition) is 3. The standard InChI is InChI=1S/C14H6BrCl2NO2/c15-8-2-3-10(16)9(6-8)14-18-11-5-7(13(17)19)1-4-12(11)20-14/h1-6H. The Kier molecular flexibility index (Phi) is 3.54. The minimum absolute atomic E-state index is 0.374. The summed E-state index contributed by atoms with van der Waals surface area (Å²) in [6.07, 6.45) is 0. The molecular formula is C14H6BrCl2NO2. The van der Waals surface area contributed by atoms with E-state index in [9.17, 15) is 4.79 Å². The van der Waals surface area contributed by atoms with Crippen molar-refractivity contribution in [3.05, 3.63) is 51.5 Å². The van der Waals surface area contributed by atoms with Gasteiger partial charge in [-0.25, -0.2) is 4.98 Å². The molecule has 0 saturated carbocycles. The highest BCUT2D eigenvalue weighted by Gasteiger charge is 2.13. The number of oxazole rings is 1. The zero-order valence-electron chi connectivity index (χ0n) is 9.86. The number of rotatable bonds is 2. The molecule has 0 fully saturated rings. The highest BCUT2D eigenvalue weighted by molar-refractivity contribution is 9.10. The molecule has 0 radical (unpaired) electrons. The summed E-state index contributed by atoms with van der Waals surface area (Å²) in [5.41, 5.74) is 2.18. The number of fused-ring (bicyclic) bond motifs is 1. The fraction of sp³-hybridized carbons (Fsp3) is 0. The van der Waals surface area contributed by atoms with Crippen LogP contribution in [0.4, 0.5) is 0 Å². The van der Waals surface area contributed by atoms with E-state index in [1.54, 1.807) is 24.3 Å². The smallest absolute Gasteiger partial charge is 0.252 e. The van der Waals surface area contributed by atoms with Gasteiger partial charge in [-0.2, -0.15) is 0 Å². The fourth-order valence-electron chi connectivity index (χ4n) is 1.83. The van der Waals surface area contributed by atoms with Crippen LogP contribution in [0.3, 0.4) is 0 Å². The highest BCUT2D eigenvalue weighted by Crippen LogP contribution is 2.32. The van der Waals surface area contributed by atoms with Crippen molar-refractivity contribution in [3.8, 4) is 11.5 Å². The zero-order valence-corrected chi connectivity index (χ0v) is 13.0. The molecule has 3 aromatic rings. The Bertz CT molecular complexity index is 829. The van der Waals surface area contributed by atoms with Crippen LogP contribution in [0.5, 0.6) is 0 Å². The number of halogens is 3. The molecule has 0 aliphatic rings. The average Bonchev–Trinajstić information content (AvgIpc) is 2.83. The molecule has 0 bridgehead atoms. The molecule has 100 valence electrons. The Balaban J connectivity index is 2.17. The molecule has 2 aromatic carbocycles. The normalized spacial score (nSPS) is 10.9. The first-order valence-corrected chi connectivity index (χ1v) is 7.15. The SMILES string of the molecule is O=C(Cl)c1ccc2oc(-c3cc(Br)ccc3Cl)nc2c1. The van der Waals surface area contributed by atoms with E-state index in [4.69, 9.17) is 27.6 Å². The molecule has 0 aliphatic carbocycles. The number of carbonyl (C=O) groups excluding carboxylic acids is 1. The maximum Gasteiger partial charge on any atom is 0.252 e. The molecule has 0 unspecified atom stereocenters. The van der Waals surface area contributed by atoms with Crippen molar-refractivity contribution in [1.29, 1.82) is 0 Å². The summed E-state index contributed by atoms with van der Waals surface area (Å²) >= 11 is 15.0. The summed E-state index contributed by atoms with van der Waals surface area (Å²) in [7, 11) is 0. The number of benzene rings is 2. The molecular weight excluding hydrogens is 365 g/mol. The second kappa shape index (κ2) is 5.20. The lowest BCUT2D eigenvalue weighted by Crippen LogP contribution is -1.87. The monoisotopic (exact) mass is 369 g/mol. The van der Waals surface area contributed by atoms with Crippen LogP contribution >= 0.6 is 39.1 Å². The Labute approximate surface area is 132 Å². The van der Waals surface area contributed by atoms with Crippen LogP contribution in [-0.2, 0) is 0 Å². The number of hydrogen-bond donors (Lipinski definition) is 0. The first-order valence-electron chi connectivity index (χ1n) is 5.60. The minimum Gasteiger partial charge on any atom is -0.436 e. The van der Waals surface area contributed by atoms with Crippen molar-refractivity contribution in [1.82, 2.24) is 4.98 Å². The van der Waals surface area contributed by atoms with Crippen LogP contribution < -0.4 is 0 Å². The van der Waals surface area contributed by atoms with Crippen molar-refractivity contribution in [2.75, 3.05) is 0 Å². The largest absolute Gasteiger partial charge is 0.436 e. The fourth-order valence-corrected chi connectivity index (χ4v) is 2.50. The van der Waals surface area contributed by atoms with Gasteiger partial charge in [0, 0.05) is 10.0 Å². The predicted molar refractivity (Wildman–Crippen MR) is 82.3 cm³/mol. The highest BCUT2D eigenvalue weighted by atomic mass is 79.9. The van der Waals surface area contributed by atoms with Crippen molar-refractivity contribution >= 4 is 55.5 Å². The molecule has 0 aliphatic heterocycles. The van der Waals surface area contributed by atoms with E-state index >= 15 is 0 Å². The van der Waals surface area contributed by atoms with Gasteiger partial charge in [-0.1, -0.05) is 27.5 Å². The zero-order chi connectivity index (χ0) is 14.3. The van der Waals surface area contributed by atoms with Gasteiger partial charge in [0.1, 0.15) is 5.52 Å². The number of aromatic nitrogens is 1. The molecule has 0 saturated heterocycles. The lowest BCUT2D eigenvalue weighted by molar-refractivity contribution is 0.108. The van der Waals surface area contributed by atoms with Crippen LogP contribution in [0.15, 0.2) is 45.3 Å². The number of nitrogens with zero attached hydrogens (tertiary/aromatic N) is 1. The Morgan fingerprint density at radius 3 is 2.75 bits per heavy atom. The van der Waals surface area contributed by atoms with Gasteiger partial charge in [0.2, 0.25) is 5.89 Å². The molecule has 20 heavy (non-hydrogen) atoms. The second-order valence-corrected chi connectivity index (χ2v) is 5.77. The third-order valence-corrected chi connectivity index (χ3v) is 3.81. The molecule has 6 heteroatoms. The van der Waals surface area contributed by atoms with Crippen LogP contribution in [0.25, 0.3) is 22.6 Å². The molecule has 3 nitrogen and oxygen atoms in total. The van der Waals surface area contributed by atoms with Gasteiger partial charge >= 0.3 is 0 Å². The van der Waals surface area contributed by atoms with Gasteiger partial charge in [0.15, 0.2) is 5.58 Å². The molecule has 1 heterocycles. The van der Waals surface area contributed by atoms with Gasteiger partial charge in [0.25, 0.3) is 5.24 Å². The Morgan fingerprint density at radius 2 is 2.00 bits per heavy atom. The van der Waals surface area contributed by atoms with Crippen LogP contribution in [-0.4, -0.2) is 10.2 Å². The van der Waals surface area contributed by atoms with E-state index in [2.05, 4.69) is 20.9 Å². The number of carbonyl (C=O) groups is 1. The molecule has 0 amide bonds. The van der Waals surface area contributed by atoms with Gasteiger partial charge in [0.05, 0.1) is 10.6 Å². The second-order valence-electron chi connectivity index (χ2n) is 4.10. The third kappa shape index (κ3) is 2.46. The van der Waals surface area contributed by atoms with Crippen molar-refractivity contribution in [2.45, 2.75) is 0 Å². The van der Waals surface area contributed by atoms with Crippen LogP contribution in [0.1, 0.15) is 10.4 Å². The Morgan fingerprint density at radius 1 is 1.20 bits per heavy atom. The van der Waals surface area contributed by atoms with Gasteiger partial charge in [-0.05, 0) is 48.0 Å². The van der Waals surface area contributed by atoms with Gasteiger partial charge in [-0.3, -0.25) is 4.79 Å².